The number of fused-ring (bicyclic) bond motifs is 1. The molecule has 7 nitrogen and oxygen atoms in total. The van der Waals surface area contributed by atoms with E-state index in [1.807, 2.05) is 6.07 Å². The normalized spacial score (nSPS) is 17.3. The minimum absolute atomic E-state index is 0.0498. The van der Waals surface area contributed by atoms with Crippen molar-refractivity contribution < 1.29 is 13.6 Å². The Morgan fingerprint density at radius 3 is 2.74 bits per heavy atom. The van der Waals surface area contributed by atoms with Crippen LogP contribution in [0.2, 0.25) is 0 Å². The van der Waals surface area contributed by atoms with Gasteiger partial charge in [-0.2, -0.15) is 9.65 Å². The number of carbonyl (C=O) groups is 1. The van der Waals surface area contributed by atoms with E-state index in [-0.39, 0.29) is 29.1 Å². The second-order valence-electron chi connectivity index (χ2n) is 7.27. The summed E-state index contributed by atoms with van der Waals surface area (Å²) in [6.07, 6.45) is 2.63. The molecule has 31 heavy (non-hydrogen) atoms. The molecule has 9 heteroatoms. The molecule has 1 aromatic carbocycles. The minimum atomic E-state index is -1.20. The number of pyridine rings is 2. The second kappa shape index (κ2) is 7.57. The number of nitrogens with two attached hydrogens (primary N) is 1. The number of nitrogens with zero attached hydrogens (tertiary/aromatic N) is 4. The lowest BCUT2D eigenvalue weighted by molar-refractivity contribution is 0.102. The number of aromatic nitrogens is 2. The fraction of sp³-hybridized carbons (Fsp3) is 0.136. The number of rotatable bonds is 3. The molecule has 0 unspecified atom stereocenters. The van der Waals surface area contributed by atoms with Crippen LogP contribution in [0.25, 0.3) is 0 Å². The van der Waals surface area contributed by atoms with Crippen molar-refractivity contribution in [2.45, 2.75) is 18.9 Å². The quantitative estimate of drug-likeness (QED) is 0.634. The summed E-state index contributed by atoms with van der Waals surface area (Å²) in [5.74, 6) is -1.69. The van der Waals surface area contributed by atoms with Gasteiger partial charge in [-0.25, -0.2) is 14.4 Å². The molecule has 0 bridgehead atoms. The minimum Gasteiger partial charge on any atom is -0.383 e. The predicted molar refractivity (Wildman–Crippen MR) is 109 cm³/mol. The van der Waals surface area contributed by atoms with E-state index in [1.54, 1.807) is 13.0 Å². The van der Waals surface area contributed by atoms with Crippen molar-refractivity contribution in [1.29, 1.82) is 5.26 Å². The first kappa shape index (κ1) is 20.1. The number of nitriles is 1. The van der Waals surface area contributed by atoms with Crippen LogP contribution < -0.4 is 11.1 Å². The number of anilines is 1. The SMILES string of the molecule is C[C@@]1(c2cc(NC(=O)c3ccc(C#N)cn3)ccc2F)Cc2c(ccnc2F)C(N)=N1. The Kier molecular flexibility index (Phi) is 4.91. The molecule has 0 saturated carbocycles. The van der Waals surface area contributed by atoms with E-state index in [9.17, 15) is 13.6 Å². The summed E-state index contributed by atoms with van der Waals surface area (Å²) in [7, 11) is 0. The van der Waals surface area contributed by atoms with Crippen molar-refractivity contribution in [3.8, 4) is 6.07 Å². The number of carbonyl (C=O) groups excluding carboxylic acids is 1. The van der Waals surface area contributed by atoms with Gasteiger partial charge < -0.3 is 11.1 Å². The van der Waals surface area contributed by atoms with Crippen molar-refractivity contribution in [2.75, 3.05) is 5.32 Å². The standard InChI is InChI=1S/C22H16F2N6O/c1-22(9-15-14(20(26)30-22)6-7-27-19(15)24)16-8-13(3-4-17(16)23)29-21(31)18-5-2-12(10-25)11-28-18/h2-8,11H,9H2,1H3,(H2,26,30)(H,29,31)/t22-/m0/s1. The Balaban J connectivity index is 1.67. The predicted octanol–water partition coefficient (Wildman–Crippen LogP) is 3.06. The summed E-state index contributed by atoms with van der Waals surface area (Å²) in [5.41, 5.74) is 6.39. The highest BCUT2D eigenvalue weighted by atomic mass is 19.1. The molecule has 0 saturated heterocycles. The van der Waals surface area contributed by atoms with E-state index >= 15 is 0 Å². The first-order valence-electron chi connectivity index (χ1n) is 9.27. The molecular formula is C22H16F2N6O. The Morgan fingerprint density at radius 2 is 2.03 bits per heavy atom. The maximum atomic E-state index is 14.8. The van der Waals surface area contributed by atoms with Crippen molar-refractivity contribution in [3.05, 3.63) is 88.5 Å². The van der Waals surface area contributed by atoms with Crippen molar-refractivity contribution >= 4 is 17.4 Å². The van der Waals surface area contributed by atoms with Crippen LogP contribution in [0.15, 0.2) is 53.8 Å². The summed E-state index contributed by atoms with van der Waals surface area (Å²) in [5, 5.41) is 11.5. The van der Waals surface area contributed by atoms with Crippen LogP contribution in [0.3, 0.4) is 0 Å². The van der Waals surface area contributed by atoms with Crippen LogP contribution >= 0.6 is 0 Å². The van der Waals surface area contributed by atoms with Gasteiger partial charge in [-0.15, -0.1) is 0 Å². The molecule has 0 spiro atoms. The molecule has 0 aliphatic carbocycles. The van der Waals surface area contributed by atoms with E-state index in [0.717, 1.165) is 0 Å². The molecule has 3 aromatic rings. The number of amides is 1. The Labute approximate surface area is 176 Å². The molecule has 3 heterocycles. The third-order valence-corrected chi connectivity index (χ3v) is 5.10. The van der Waals surface area contributed by atoms with E-state index in [0.29, 0.717) is 16.8 Å². The van der Waals surface area contributed by atoms with Crippen molar-refractivity contribution in [3.63, 3.8) is 0 Å². The third-order valence-electron chi connectivity index (χ3n) is 5.10. The average molecular weight is 418 g/mol. The smallest absolute Gasteiger partial charge is 0.274 e. The van der Waals surface area contributed by atoms with Gasteiger partial charge in [-0.05, 0) is 43.3 Å². The largest absolute Gasteiger partial charge is 0.383 e. The van der Waals surface area contributed by atoms with Gasteiger partial charge in [-0.1, -0.05) is 0 Å². The van der Waals surface area contributed by atoms with E-state index < -0.39 is 23.2 Å². The van der Waals surface area contributed by atoms with Gasteiger partial charge in [0.15, 0.2) is 0 Å². The van der Waals surface area contributed by atoms with Gasteiger partial charge in [0.05, 0.1) is 11.1 Å². The number of amidine groups is 1. The lowest BCUT2D eigenvalue weighted by atomic mass is 9.82. The highest BCUT2D eigenvalue weighted by Gasteiger charge is 2.36. The zero-order chi connectivity index (χ0) is 22.2. The fourth-order valence-electron chi connectivity index (χ4n) is 3.55. The number of aliphatic imine (C=N–C) groups is 1. The first-order chi connectivity index (χ1) is 14.8. The second-order valence-corrected chi connectivity index (χ2v) is 7.27. The van der Waals surface area contributed by atoms with Crippen LogP contribution in [0.1, 0.15) is 39.7 Å². The van der Waals surface area contributed by atoms with Crippen LogP contribution in [0.5, 0.6) is 0 Å². The van der Waals surface area contributed by atoms with Crippen molar-refractivity contribution in [2.24, 2.45) is 10.7 Å². The fourth-order valence-corrected chi connectivity index (χ4v) is 3.55. The number of halogens is 2. The highest BCUT2D eigenvalue weighted by molar-refractivity contribution is 6.03. The lowest BCUT2D eigenvalue weighted by Crippen LogP contribution is -2.35. The third kappa shape index (κ3) is 3.71. The van der Waals surface area contributed by atoms with Gasteiger partial charge in [-0.3, -0.25) is 9.79 Å². The lowest BCUT2D eigenvalue weighted by Gasteiger charge is -2.32. The van der Waals surface area contributed by atoms with Crippen LogP contribution in [0, 0.1) is 23.1 Å². The number of nitrogens with one attached hydrogen (secondary N) is 1. The molecule has 0 fully saturated rings. The van der Waals surface area contributed by atoms with Crippen LogP contribution in [-0.4, -0.2) is 21.7 Å². The molecule has 4 rings (SSSR count). The summed E-state index contributed by atoms with van der Waals surface area (Å²) in [6.45, 7) is 1.64. The molecule has 3 N–H and O–H groups in total. The number of hydrogen-bond donors (Lipinski definition) is 2. The van der Waals surface area contributed by atoms with E-state index in [4.69, 9.17) is 11.0 Å². The molecule has 1 atom stereocenters. The maximum Gasteiger partial charge on any atom is 0.274 e. The summed E-state index contributed by atoms with van der Waals surface area (Å²) in [4.78, 5) is 24.5. The zero-order valence-corrected chi connectivity index (χ0v) is 16.4. The summed E-state index contributed by atoms with van der Waals surface area (Å²) < 4.78 is 29.1. The Morgan fingerprint density at radius 1 is 1.23 bits per heavy atom. The highest BCUT2D eigenvalue weighted by Crippen LogP contribution is 2.37. The van der Waals surface area contributed by atoms with E-state index in [2.05, 4.69) is 20.3 Å². The topological polar surface area (TPSA) is 117 Å². The molecule has 2 aromatic heterocycles. The Hall–Kier alpha value is -4.19. The van der Waals surface area contributed by atoms with Gasteiger partial charge in [0.2, 0.25) is 5.95 Å². The molecular weight excluding hydrogens is 402 g/mol. The summed E-state index contributed by atoms with van der Waals surface area (Å²) >= 11 is 0. The molecule has 154 valence electrons. The van der Waals surface area contributed by atoms with Gasteiger partial charge >= 0.3 is 0 Å². The van der Waals surface area contributed by atoms with Gasteiger partial charge in [0, 0.05) is 41.2 Å². The molecule has 1 aliphatic heterocycles. The molecule has 1 aliphatic rings. The molecule has 1 amide bonds. The maximum absolute atomic E-state index is 14.8. The monoisotopic (exact) mass is 418 g/mol. The van der Waals surface area contributed by atoms with Gasteiger partial charge in [0.1, 0.15) is 23.4 Å². The number of benzene rings is 1. The van der Waals surface area contributed by atoms with E-state index in [1.165, 1.54) is 42.7 Å². The van der Waals surface area contributed by atoms with Crippen LogP contribution in [0.4, 0.5) is 14.5 Å². The van der Waals surface area contributed by atoms with Crippen LogP contribution in [-0.2, 0) is 12.0 Å². The van der Waals surface area contributed by atoms with Gasteiger partial charge in [0.25, 0.3) is 5.91 Å². The average Bonchev–Trinajstić information content (AvgIpc) is 2.76. The number of hydrogen-bond acceptors (Lipinski definition) is 6. The van der Waals surface area contributed by atoms with Crippen molar-refractivity contribution in [1.82, 2.24) is 9.97 Å². The molecule has 0 radical (unpaired) electrons. The summed E-state index contributed by atoms with van der Waals surface area (Å²) in [6, 6.07) is 10.4. The first-order valence-corrected chi connectivity index (χ1v) is 9.27. The zero-order valence-electron chi connectivity index (χ0n) is 16.4. The Bertz CT molecular complexity index is 1270.